The van der Waals surface area contributed by atoms with Crippen LogP contribution in [0.4, 0.5) is 14.4 Å². The molecule has 1 aromatic heterocycles. The molecule has 0 aliphatic rings. The number of benzene rings is 1. The summed E-state index contributed by atoms with van der Waals surface area (Å²) < 4.78 is 18.4. The Labute approximate surface area is 226 Å². The molecule has 3 amide bonds. The Balaban J connectivity index is 2.70. The van der Waals surface area contributed by atoms with Crippen molar-refractivity contribution in [3.8, 4) is 0 Å². The third-order valence-electron chi connectivity index (χ3n) is 4.14. The van der Waals surface area contributed by atoms with Gasteiger partial charge in [-0.25, -0.2) is 14.4 Å². The van der Waals surface area contributed by atoms with Crippen LogP contribution in [0.5, 0.6) is 0 Å². The van der Waals surface area contributed by atoms with E-state index < -0.39 is 35.4 Å². The van der Waals surface area contributed by atoms with Gasteiger partial charge in [-0.05, 0) is 82.2 Å². The number of aromatic nitrogens is 1. The van der Waals surface area contributed by atoms with Crippen molar-refractivity contribution in [3.05, 3.63) is 31.9 Å². The number of imide groups is 3. The van der Waals surface area contributed by atoms with Crippen molar-refractivity contribution in [1.29, 1.82) is 0 Å². The fourth-order valence-corrected chi connectivity index (χ4v) is 4.03. The molecule has 2 aromatic rings. The predicted molar refractivity (Wildman–Crippen MR) is 143 cm³/mol. The number of carbonyl (C=O) groups excluding carboxylic acids is 4. The summed E-state index contributed by atoms with van der Waals surface area (Å²) in [6.07, 6.45) is -1.55. The van der Waals surface area contributed by atoms with E-state index in [4.69, 9.17) is 14.2 Å². The summed E-state index contributed by atoms with van der Waals surface area (Å²) in [4.78, 5) is 52.9. The van der Waals surface area contributed by atoms with Crippen LogP contribution in [0.2, 0.25) is 0 Å². The molecule has 0 bridgehead atoms. The number of nitrogens with zero attached hydrogens (tertiary/aromatic N) is 2. The lowest BCUT2D eigenvalue weighted by Gasteiger charge is -2.27. The number of rotatable bonds is 3. The van der Waals surface area contributed by atoms with E-state index in [-0.39, 0.29) is 23.6 Å². The van der Waals surface area contributed by atoms with Gasteiger partial charge in [0.25, 0.3) is 5.91 Å². The minimum atomic E-state index is -1.19. The maximum atomic E-state index is 13.8. The fourth-order valence-electron chi connectivity index (χ4n) is 2.88. The minimum Gasteiger partial charge on any atom is -0.449 e. The molecule has 0 radical (unpaired) electrons. The van der Waals surface area contributed by atoms with Gasteiger partial charge in [-0.3, -0.25) is 9.36 Å². The zero-order chi connectivity index (χ0) is 26.9. The Hall–Kier alpha value is -2.15. The predicted octanol–water partition coefficient (Wildman–Crippen LogP) is 6.96. The standard InChI is InChI=1S/C24H30BrIN2O7/c1-13(2)12-33-20(30)27-11-17(26)15-9-14(25)10-16(18(15)27)19(29)28(21(31)34-23(3,4)5)22(32)35-24(6,7)8/h9-11,13H,12H2,1-8H3. The number of fused-ring (bicyclic) bond motifs is 1. The van der Waals surface area contributed by atoms with Gasteiger partial charge in [-0.2, -0.15) is 0 Å². The summed E-state index contributed by atoms with van der Waals surface area (Å²) in [5.74, 6) is -0.905. The van der Waals surface area contributed by atoms with Crippen LogP contribution < -0.4 is 0 Å². The van der Waals surface area contributed by atoms with Crippen molar-refractivity contribution in [2.24, 2.45) is 5.92 Å². The largest absolute Gasteiger partial charge is 0.449 e. The highest BCUT2D eigenvalue weighted by Crippen LogP contribution is 2.31. The zero-order valence-electron chi connectivity index (χ0n) is 21.0. The molecule has 2 rings (SSSR count). The molecular formula is C24H30BrIN2O7. The normalized spacial score (nSPS) is 12.0. The van der Waals surface area contributed by atoms with Gasteiger partial charge in [0.1, 0.15) is 11.2 Å². The van der Waals surface area contributed by atoms with E-state index in [1.54, 1.807) is 47.6 Å². The second-order valence-corrected chi connectivity index (χ2v) is 12.3. The third-order valence-corrected chi connectivity index (χ3v) is 5.46. The average molecular weight is 665 g/mol. The molecule has 0 fully saturated rings. The molecule has 0 aliphatic carbocycles. The molecule has 0 N–H and O–H groups in total. The Morgan fingerprint density at radius 3 is 1.97 bits per heavy atom. The van der Waals surface area contributed by atoms with Crippen LogP contribution in [-0.2, 0) is 14.2 Å². The number of halogens is 2. The Morgan fingerprint density at radius 2 is 1.51 bits per heavy atom. The van der Waals surface area contributed by atoms with Crippen molar-refractivity contribution in [3.63, 3.8) is 0 Å². The van der Waals surface area contributed by atoms with E-state index in [2.05, 4.69) is 15.9 Å². The second kappa shape index (κ2) is 10.9. The Bertz CT molecular complexity index is 1130. The van der Waals surface area contributed by atoms with E-state index >= 15 is 0 Å². The number of hydrogen-bond donors (Lipinski definition) is 0. The second-order valence-electron chi connectivity index (χ2n) is 10.3. The summed E-state index contributed by atoms with van der Waals surface area (Å²) in [5.41, 5.74) is -1.87. The van der Waals surface area contributed by atoms with Gasteiger partial charge >= 0.3 is 18.3 Å². The van der Waals surface area contributed by atoms with Gasteiger partial charge in [-0.1, -0.05) is 29.8 Å². The molecule has 0 saturated carbocycles. The van der Waals surface area contributed by atoms with Crippen molar-refractivity contribution in [2.45, 2.75) is 66.6 Å². The highest BCUT2D eigenvalue weighted by atomic mass is 127. The van der Waals surface area contributed by atoms with Crippen LogP contribution in [-0.4, -0.2) is 51.5 Å². The monoisotopic (exact) mass is 664 g/mol. The maximum Gasteiger partial charge on any atom is 0.427 e. The summed E-state index contributed by atoms with van der Waals surface area (Å²) in [5, 5.41) is 0.554. The summed E-state index contributed by atoms with van der Waals surface area (Å²) in [6.45, 7) is 13.6. The van der Waals surface area contributed by atoms with Crippen LogP contribution in [0.1, 0.15) is 65.7 Å². The van der Waals surface area contributed by atoms with E-state index in [1.807, 2.05) is 36.4 Å². The Morgan fingerprint density at radius 1 is 1.00 bits per heavy atom. The van der Waals surface area contributed by atoms with Gasteiger partial charge in [0, 0.05) is 19.6 Å². The molecule has 11 heteroatoms. The van der Waals surface area contributed by atoms with Gasteiger partial charge < -0.3 is 14.2 Å². The molecule has 0 spiro atoms. The molecule has 0 saturated heterocycles. The van der Waals surface area contributed by atoms with Gasteiger partial charge in [-0.15, -0.1) is 4.90 Å². The van der Waals surface area contributed by atoms with Crippen LogP contribution >= 0.6 is 38.5 Å². The third kappa shape index (κ3) is 7.66. The number of ether oxygens (including phenoxy) is 3. The van der Waals surface area contributed by atoms with E-state index in [1.165, 1.54) is 16.8 Å². The first-order valence-corrected chi connectivity index (χ1v) is 12.8. The highest BCUT2D eigenvalue weighted by molar-refractivity contribution is 14.1. The lowest BCUT2D eigenvalue weighted by molar-refractivity contribution is 0.00402. The lowest BCUT2D eigenvalue weighted by Crippen LogP contribution is -2.47. The first-order valence-electron chi connectivity index (χ1n) is 10.9. The first kappa shape index (κ1) is 29.1. The summed E-state index contributed by atoms with van der Waals surface area (Å²) >= 11 is 5.40. The van der Waals surface area contributed by atoms with Crippen LogP contribution in [0.15, 0.2) is 22.8 Å². The molecule has 0 atom stereocenters. The molecular weight excluding hydrogens is 635 g/mol. The fraction of sp³-hybridized carbons (Fsp3) is 0.500. The molecule has 0 aliphatic heterocycles. The minimum absolute atomic E-state index is 0.0875. The van der Waals surface area contributed by atoms with Crippen molar-refractivity contribution in [2.75, 3.05) is 6.61 Å². The number of amides is 3. The van der Waals surface area contributed by atoms with Crippen molar-refractivity contribution >= 4 is 73.6 Å². The summed E-state index contributed by atoms with van der Waals surface area (Å²) in [6, 6.07) is 3.15. The SMILES string of the molecule is CC(C)COC(=O)n1cc(I)c2cc(Br)cc(C(=O)N(C(=O)OC(C)(C)C)C(=O)OC(C)(C)C)c21. The molecule has 1 aromatic carbocycles. The van der Waals surface area contributed by atoms with Crippen LogP contribution in [0, 0.1) is 9.49 Å². The zero-order valence-corrected chi connectivity index (χ0v) is 24.8. The van der Waals surface area contributed by atoms with Gasteiger partial charge in [0.15, 0.2) is 0 Å². The molecule has 0 unspecified atom stereocenters. The van der Waals surface area contributed by atoms with Crippen LogP contribution in [0.3, 0.4) is 0 Å². The molecule has 9 nitrogen and oxygen atoms in total. The van der Waals surface area contributed by atoms with Gasteiger partial charge in [0.05, 0.1) is 17.7 Å². The van der Waals surface area contributed by atoms with E-state index in [9.17, 15) is 19.2 Å². The van der Waals surface area contributed by atoms with Gasteiger partial charge in [0.2, 0.25) is 0 Å². The Kier molecular flexibility index (Phi) is 9.02. The number of carbonyl (C=O) groups is 4. The van der Waals surface area contributed by atoms with Crippen molar-refractivity contribution < 1.29 is 33.4 Å². The molecule has 192 valence electrons. The first-order chi connectivity index (χ1) is 15.9. The van der Waals surface area contributed by atoms with Crippen LogP contribution in [0.25, 0.3) is 10.9 Å². The number of hydrogen-bond acceptors (Lipinski definition) is 7. The smallest absolute Gasteiger partial charge is 0.427 e. The quantitative estimate of drug-likeness (QED) is 0.258. The molecule has 35 heavy (non-hydrogen) atoms. The molecule has 1 heterocycles. The lowest BCUT2D eigenvalue weighted by atomic mass is 10.1. The maximum absolute atomic E-state index is 13.8. The van der Waals surface area contributed by atoms with E-state index in [0.29, 0.717) is 18.3 Å². The van der Waals surface area contributed by atoms with E-state index in [0.717, 1.165) is 0 Å². The summed E-state index contributed by atoms with van der Waals surface area (Å²) in [7, 11) is 0. The van der Waals surface area contributed by atoms with Crippen molar-refractivity contribution in [1.82, 2.24) is 9.47 Å². The topological polar surface area (TPSA) is 104 Å². The highest BCUT2D eigenvalue weighted by Gasteiger charge is 2.38. The average Bonchev–Trinajstić information content (AvgIpc) is 2.99.